The smallest absolute Gasteiger partial charge is 0.335 e. The summed E-state index contributed by atoms with van der Waals surface area (Å²) in [5, 5.41) is 9.27. The van der Waals surface area contributed by atoms with Crippen molar-refractivity contribution in [3.63, 3.8) is 0 Å². The molecule has 1 saturated heterocycles. The Morgan fingerprint density at radius 3 is 2.70 bits per heavy atom. The number of hydrogen-bond donors (Lipinski definition) is 1. The van der Waals surface area contributed by atoms with Gasteiger partial charge in [-0.05, 0) is 24.1 Å². The molecule has 5 heteroatoms. The van der Waals surface area contributed by atoms with Gasteiger partial charge in [0.2, 0.25) is 5.95 Å². The largest absolute Gasteiger partial charge is 0.478 e. The number of anilines is 1. The van der Waals surface area contributed by atoms with Crippen LogP contribution in [0.25, 0.3) is 0 Å². The van der Waals surface area contributed by atoms with Crippen LogP contribution in [0.3, 0.4) is 0 Å². The number of benzene rings is 1. The molecule has 1 aromatic carbocycles. The second kappa shape index (κ2) is 5.28. The Hall–Kier alpha value is -2.43. The average Bonchev–Trinajstić information content (AvgIpc) is 2.98. The highest BCUT2D eigenvalue weighted by atomic mass is 16.4. The monoisotopic (exact) mass is 269 g/mol. The molecule has 1 atom stereocenters. The van der Waals surface area contributed by atoms with E-state index in [-0.39, 0.29) is 5.92 Å². The molecule has 1 aliphatic rings. The van der Waals surface area contributed by atoms with Crippen molar-refractivity contribution in [1.29, 1.82) is 0 Å². The molecule has 1 aromatic heterocycles. The third-order valence-corrected chi connectivity index (χ3v) is 3.65. The van der Waals surface area contributed by atoms with Gasteiger partial charge >= 0.3 is 5.97 Å². The topological polar surface area (TPSA) is 66.3 Å². The minimum atomic E-state index is -0.866. The van der Waals surface area contributed by atoms with Crippen LogP contribution in [0, 0.1) is 0 Å². The van der Waals surface area contributed by atoms with Crippen molar-refractivity contribution in [2.24, 2.45) is 0 Å². The third kappa shape index (κ3) is 2.34. The summed E-state index contributed by atoms with van der Waals surface area (Å²) in [7, 11) is 0. The number of carboxylic acid groups (broad SMARTS) is 1. The molecule has 0 saturated carbocycles. The van der Waals surface area contributed by atoms with Gasteiger partial charge in [-0.3, -0.25) is 0 Å². The van der Waals surface area contributed by atoms with Crippen molar-refractivity contribution >= 4 is 11.9 Å². The lowest BCUT2D eigenvalue weighted by Crippen LogP contribution is -2.21. The van der Waals surface area contributed by atoms with Crippen LogP contribution < -0.4 is 4.90 Å². The lowest BCUT2D eigenvalue weighted by atomic mass is 9.93. The summed E-state index contributed by atoms with van der Waals surface area (Å²) in [5.74, 6) is 0.0592. The summed E-state index contributed by atoms with van der Waals surface area (Å²) < 4.78 is 0. The van der Waals surface area contributed by atoms with Gasteiger partial charge in [0.25, 0.3) is 0 Å². The van der Waals surface area contributed by atoms with Crippen molar-refractivity contribution in [3.05, 3.63) is 53.9 Å². The lowest BCUT2D eigenvalue weighted by Gasteiger charge is -2.16. The molecule has 0 unspecified atom stereocenters. The van der Waals surface area contributed by atoms with Gasteiger partial charge in [0, 0.05) is 31.4 Å². The molecule has 5 nitrogen and oxygen atoms in total. The molecule has 0 amide bonds. The molecule has 3 rings (SSSR count). The zero-order valence-electron chi connectivity index (χ0n) is 10.9. The maximum Gasteiger partial charge on any atom is 0.335 e. The molecule has 0 aliphatic carbocycles. The van der Waals surface area contributed by atoms with Crippen LogP contribution in [0.2, 0.25) is 0 Å². The van der Waals surface area contributed by atoms with Gasteiger partial charge in [0.05, 0.1) is 5.56 Å². The first-order valence-corrected chi connectivity index (χ1v) is 6.60. The van der Waals surface area contributed by atoms with E-state index in [9.17, 15) is 9.90 Å². The Balaban J connectivity index is 1.83. The van der Waals surface area contributed by atoms with Gasteiger partial charge in [-0.25, -0.2) is 14.8 Å². The zero-order chi connectivity index (χ0) is 13.9. The second-order valence-corrected chi connectivity index (χ2v) is 4.87. The molecule has 2 aromatic rings. The van der Waals surface area contributed by atoms with E-state index >= 15 is 0 Å². The van der Waals surface area contributed by atoms with Crippen LogP contribution in [0.4, 0.5) is 5.95 Å². The standard InChI is InChI=1S/C15H15N3O2/c19-14(20)13-5-2-1-4-12(13)11-6-9-18(10-11)15-16-7-3-8-17-15/h1-5,7-8,11H,6,9-10H2,(H,19,20)/t11-/m1/s1. The van der Waals surface area contributed by atoms with Crippen molar-refractivity contribution in [3.8, 4) is 0 Å². The second-order valence-electron chi connectivity index (χ2n) is 4.87. The summed E-state index contributed by atoms with van der Waals surface area (Å²) in [4.78, 5) is 21.9. The molecular formula is C15H15N3O2. The molecule has 2 heterocycles. The SMILES string of the molecule is O=C(O)c1ccccc1[C@@H]1CCN(c2ncccn2)C1. The van der Waals surface area contributed by atoms with Gasteiger partial charge in [0.1, 0.15) is 0 Å². The maximum absolute atomic E-state index is 11.3. The van der Waals surface area contributed by atoms with Crippen LogP contribution >= 0.6 is 0 Å². The molecule has 0 bridgehead atoms. The Morgan fingerprint density at radius 1 is 1.20 bits per heavy atom. The predicted octanol–water partition coefficient (Wildman–Crippen LogP) is 2.17. The number of nitrogens with zero attached hydrogens (tertiary/aromatic N) is 3. The number of carboxylic acids is 1. The fraction of sp³-hybridized carbons (Fsp3) is 0.267. The minimum absolute atomic E-state index is 0.214. The van der Waals surface area contributed by atoms with Crippen LogP contribution in [-0.2, 0) is 0 Å². The molecule has 1 aliphatic heterocycles. The fourth-order valence-corrected chi connectivity index (χ4v) is 2.70. The molecule has 0 radical (unpaired) electrons. The van der Waals surface area contributed by atoms with Crippen molar-refractivity contribution in [1.82, 2.24) is 9.97 Å². The van der Waals surface area contributed by atoms with E-state index in [0.717, 1.165) is 25.1 Å². The molecule has 1 fully saturated rings. The first kappa shape index (κ1) is 12.6. The van der Waals surface area contributed by atoms with Crippen molar-refractivity contribution in [2.75, 3.05) is 18.0 Å². The summed E-state index contributed by atoms with van der Waals surface area (Å²) >= 11 is 0. The Kier molecular flexibility index (Phi) is 3.33. The van der Waals surface area contributed by atoms with Crippen molar-refractivity contribution in [2.45, 2.75) is 12.3 Å². The van der Waals surface area contributed by atoms with E-state index in [2.05, 4.69) is 14.9 Å². The Bertz CT molecular complexity index is 616. The summed E-state index contributed by atoms with van der Waals surface area (Å²) in [6.07, 6.45) is 4.37. The van der Waals surface area contributed by atoms with E-state index < -0.39 is 5.97 Å². The molecule has 0 spiro atoms. The quantitative estimate of drug-likeness (QED) is 0.925. The van der Waals surface area contributed by atoms with Crippen LogP contribution in [0.15, 0.2) is 42.7 Å². The average molecular weight is 269 g/mol. The van der Waals surface area contributed by atoms with Crippen molar-refractivity contribution < 1.29 is 9.90 Å². The molecule has 1 N–H and O–H groups in total. The Morgan fingerprint density at radius 2 is 1.95 bits per heavy atom. The first-order valence-electron chi connectivity index (χ1n) is 6.60. The van der Waals surface area contributed by atoms with Crippen LogP contribution in [0.1, 0.15) is 28.3 Å². The molecule has 102 valence electrons. The van der Waals surface area contributed by atoms with E-state index in [1.54, 1.807) is 30.6 Å². The van der Waals surface area contributed by atoms with E-state index in [1.165, 1.54) is 0 Å². The van der Waals surface area contributed by atoms with Crippen LogP contribution in [0.5, 0.6) is 0 Å². The van der Waals surface area contributed by atoms with E-state index in [1.807, 2.05) is 12.1 Å². The van der Waals surface area contributed by atoms with Gasteiger partial charge in [0.15, 0.2) is 0 Å². The Labute approximate surface area is 116 Å². The van der Waals surface area contributed by atoms with Crippen LogP contribution in [-0.4, -0.2) is 34.1 Å². The third-order valence-electron chi connectivity index (χ3n) is 3.65. The highest BCUT2D eigenvalue weighted by Crippen LogP contribution is 2.31. The number of carbonyl (C=O) groups is 1. The highest BCUT2D eigenvalue weighted by molar-refractivity contribution is 5.89. The molecular weight excluding hydrogens is 254 g/mol. The van der Waals surface area contributed by atoms with Gasteiger partial charge in [-0.1, -0.05) is 18.2 Å². The van der Waals surface area contributed by atoms with Gasteiger partial charge < -0.3 is 10.0 Å². The van der Waals surface area contributed by atoms with E-state index in [0.29, 0.717) is 11.5 Å². The number of hydrogen-bond acceptors (Lipinski definition) is 4. The summed E-state index contributed by atoms with van der Waals surface area (Å²) in [5.41, 5.74) is 1.30. The highest BCUT2D eigenvalue weighted by Gasteiger charge is 2.28. The van der Waals surface area contributed by atoms with Gasteiger partial charge in [-0.15, -0.1) is 0 Å². The zero-order valence-corrected chi connectivity index (χ0v) is 10.9. The number of rotatable bonds is 3. The summed E-state index contributed by atoms with van der Waals surface area (Å²) in [6, 6.07) is 9.02. The first-order chi connectivity index (χ1) is 9.75. The maximum atomic E-state index is 11.3. The summed E-state index contributed by atoms with van der Waals surface area (Å²) in [6.45, 7) is 1.61. The predicted molar refractivity (Wildman–Crippen MR) is 75.0 cm³/mol. The molecule has 20 heavy (non-hydrogen) atoms. The van der Waals surface area contributed by atoms with Gasteiger partial charge in [-0.2, -0.15) is 0 Å². The number of aromatic carboxylic acids is 1. The normalized spacial score (nSPS) is 18.2. The van der Waals surface area contributed by atoms with E-state index in [4.69, 9.17) is 0 Å². The lowest BCUT2D eigenvalue weighted by molar-refractivity contribution is 0.0695. The minimum Gasteiger partial charge on any atom is -0.478 e. The number of aromatic nitrogens is 2. The fourth-order valence-electron chi connectivity index (χ4n) is 2.70.